The quantitative estimate of drug-likeness (QED) is 0.151. The fraction of sp³-hybridized carbons (Fsp3) is 0.297. The summed E-state index contributed by atoms with van der Waals surface area (Å²) in [7, 11) is 0. The van der Waals surface area contributed by atoms with Gasteiger partial charge < -0.3 is 15.2 Å². The summed E-state index contributed by atoms with van der Waals surface area (Å²) in [5.41, 5.74) is 9.35. The number of anilines is 1. The summed E-state index contributed by atoms with van der Waals surface area (Å²) in [6.45, 7) is 13.9. The van der Waals surface area contributed by atoms with E-state index < -0.39 is 0 Å². The fourth-order valence-corrected chi connectivity index (χ4v) is 6.16. The van der Waals surface area contributed by atoms with Crippen LogP contribution in [0.15, 0.2) is 79.7 Å². The molecule has 9 heteroatoms. The number of hydrogen-bond acceptors (Lipinski definition) is 6. The number of hydrogen-bond donors (Lipinski definition) is 3. The Hall–Kier alpha value is -4.89. The number of rotatable bonds is 9. The van der Waals surface area contributed by atoms with Gasteiger partial charge in [0.15, 0.2) is 0 Å². The number of fused-ring (bicyclic) bond motifs is 2. The van der Waals surface area contributed by atoms with E-state index in [0.717, 1.165) is 91.9 Å². The summed E-state index contributed by atoms with van der Waals surface area (Å²) in [6.07, 6.45) is 13.4. The van der Waals surface area contributed by atoms with Gasteiger partial charge in [-0.05, 0) is 86.8 Å². The monoisotopic (exact) mass is 614 g/mol. The van der Waals surface area contributed by atoms with Crippen molar-refractivity contribution in [2.45, 2.75) is 46.5 Å². The van der Waals surface area contributed by atoms with E-state index in [9.17, 15) is 4.39 Å². The molecular formula is C37H39FN8. The van der Waals surface area contributed by atoms with Crippen molar-refractivity contribution in [3.05, 3.63) is 91.0 Å². The molecule has 1 aliphatic heterocycles. The van der Waals surface area contributed by atoms with E-state index in [1.165, 1.54) is 25.9 Å². The third-order valence-corrected chi connectivity index (χ3v) is 8.89. The van der Waals surface area contributed by atoms with E-state index >= 15 is 0 Å². The molecule has 1 saturated heterocycles. The van der Waals surface area contributed by atoms with Crippen LogP contribution in [0.2, 0.25) is 0 Å². The Morgan fingerprint density at radius 1 is 0.913 bits per heavy atom. The number of benzene rings is 1. The zero-order valence-electron chi connectivity index (χ0n) is 26.6. The lowest BCUT2D eigenvalue weighted by atomic mass is 9.93. The first kappa shape index (κ1) is 29.8. The van der Waals surface area contributed by atoms with E-state index in [0.29, 0.717) is 0 Å². The molecule has 1 aliphatic rings. The molecule has 0 saturated carbocycles. The molecular weight excluding hydrogens is 575 g/mol. The van der Waals surface area contributed by atoms with Crippen molar-refractivity contribution >= 4 is 27.5 Å². The van der Waals surface area contributed by atoms with Crippen LogP contribution in [0, 0.1) is 11.2 Å². The summed E-state index contributed by atoms with van der Waals surface area (Å²) in [5, 5.41) is 13.1. The van der Waals surface area contributed by atoms with Crippen LogP contribution in [0.5, 0.6) is 0 Å². The van der Waals surface area contributed by atoms with E-state index in [2.05, 4.69) is 79.8 Å². The Bertz CT molecular complexity index is 2040. The van der Waals surface area contributed by atoms with Crippen molar-refractivity contribution in [1.29, 1.82) is 0 Å². The van der Waals surface area contributed by atoms with Crippen molar-refractivity contribution in [2.24, 2.45) is 5.41 Å². The molecule has 0 bridgehead atoms. The van der Waals surface area contributed by atoms with Crippen LogP contribution < -0.4 is 5.32 Å². The smallest absolute Gasteiger partial charge is 0.124 e. The molecule has 0 spiro atoms. The van der Waals surface area contributed by atoms with Gasteiger partial charge in [0.05, 0.1) is 46.7 Å². The highest BCUT2D eigenvalue weighted by molar-refractivity contribution is 6.01. The highest BCUT2D eigenvalue weighted by atomic mass is 19.1. The number of allylic oxidation sites excluding steroid dienone is 1. The van der Waals surface area contributed by atoms with Gasteiger partial charge in [0.2, 0.25) is 0 Å². The Balaban J connectivity index is 1.19. The first-order chi connectivity index (χ1) is 22.2. The molecule has 1 aromatic carbocycles. The minimum Gasteiger partial charge on any atom is -0.358 e. The number of halogens is 1. The summed E-state index contributed by atoms with van der Waals surface area (Å²) in [5.74, 6) is -0.226. The second-order valence-electron chi connectivity index (χ2n) is 13.3. The Morgan fingerprint density at radius 3 is 2.57 bits per heavy atom. The van der Waals surface area contributed by atoms with E-state index in [-0.39, 0.29) is 11.2 Å². The number of likely N-dealkylation sites (tertiary alicyclic amines) is 1. The van der Waals surface area contributed by atoms with Gasteiger partial charge in [-0.3, -0.25) is 20.1 Å². The normalized spacial score (nSPS) is 14.0. The van der Waals surface area contributed by atoms with E-state index in [1.807, 2.05) is 18.3 Å². The average Bonchev–Trinajstić information content (AvgIpc) is 3.80. The second kappa shape index (κ2) is 12.1. The van der Waals surface area contributed by atoms with Crippen molar-refractivity contribution in [1.82, 2.24) is 35.0 Å². The molecule has 0 unspecified atom stereocenters. The minimum absolute atomic E-state index is 0.0855. The van der Waals surface area contributed by atoms with Crippen molar-refractivity contribution in [3.63, 3.8) is 0 Å². The molecule has 3 N–H and O–H groups in total. The van der Waals surface area contributed by atoms with Gasteiger partial charge in [0, 0.05) is 45.4 Å². The molecule has 46 heavy (non-hydrogen) atoms. The summed E-state index contributed by atoms with van der Waals surface area (Å²) in [4.78, 5) is 19.6. The van der Waals surface area contributed by atoms with Gasteiger partial charge in [-0.1, -0.05) is 33.4 Å². The van der Waals surface area contributed by atoms with Gasteiger partial charge in [-0.2, -0.15) is 5.10 Å². The van der Waals surface area contributed by atoms with Crippen LogP contribution in [0.25, 0.3) is 55.6 Å². The van der Waals surface area contributed by atoms with Gasteiger partial charge in [0.1, 0.15) is 11.5 Å². The number of aromatic nitrogens is 6. The molecule has 5 aromatic heterocycles. The minimum atomic E-state index is -0.226. The number of nitrogens with zero attached hydrogens (tertiary/aromatic N) is 5. The van der Waals surface area contributed by atoms with Crippen molar-refractivity contribution in [3.8, 4) is 33.8 Å². The summed E-state index contributed by atoms with van der Waals surface area (Å²) < 4.78 is 14.9. The Labute approximate surface area is 268 Å². The Morgan fingerprint density at radius 2 is 1.74 bits per heavy atom. The van der Waals surface area contributed by atoms with Crippen LogP contribution in [0.3, 0.4) is 0 Å². The largest absolute Gasteiger partial charge is 0.358 e. The second-order valence-corrected chi connectivity index (χ2v) is 13.3. The number of aryl methyl sites for hydroxylation is 1. The molecule has 0 radical (unpaired) electrons. The zero-order chi connectivity index (χ0) is 31.8. The van der Waals surface area contributed by atoms with Crippen LogP contribution >= 0.6 is 0 Å². The first-order valence-electron chi connectivity index (χ1n) is 16.0. The van der Waals surface area contributed by atoms with Crippen LogP contribution in [-0.4, -0.2) is 54.7 Å². The van der Waals surface area contributed by atoms with Gasteiger partial charge in [0.25, 0.3) is 0 Å². The molecule has 1 fully saturated rings. The summed E-state index contributed by atoms with van der Waals surface area (Å²) in [6, 6.07) is 11.5. The molecule has 8 nitrogen and oxygen atoms in total. The Kier molecular flexibility index (Phi) is 7.86. The average molecular weight is 615 g/mol. The molecule has 0 aliphatic carbocycles. The maximum atomic E-state index is 14.9. The first-order valence-corrected chi connectivity index (χ1v) is 16.0. The number of nitrogens with one attached hydrogen (secondary N) is 3. The van der Waals surface area contributed by atoms with Gasteiger partial charge >= 0.3 is 0 Å². The lowest BCUT2D eigenvalue weighted by molar-refractivity contribution is 0.334. The van der Waals surface area contributed by atoms with Crippen molar-refractivity contribution in [2.75, 3.05) is 25.0 Å². The van der Waals surface area contributed by atoms with E-state index in [1.54, 1.807) is 36.9 Å². The highest BCUT2D eigenvalue weighted by Crippen LogP contribution is 2.35. The number of H-pyrrole nitrogens is 2. The zero-order valence-corrected chi connectivity index (χ0v) is 26.6. The van der Waals surface area contributed by atoms with Crippen LogP contribution in [0.1, 0.15) is 45.6 Å². The van der Waals surface area contributed by atoms with Gasteiger partial charge in [-0.25, -0.2) is 4.39 Å². The lowest BCUT2D eigenvalue weighted by Crippen LogP contribution is -2.20. The number of aromatic amines is 2. The molecule has 234 valence electrons. The standard InChI is InChI=1S/C37H39FN8/c1-23(37(2,3)4)42-28-15-26(18-39-19-28)32-17-30-35(22-41-32)44-45-36(30)33-16-29-31(20-40-21-34(29)43-33)25-12-24(13-27(38)14-25)8-7-11-46-9-5-6-10-46/h12-22,42-43H,1,5-11H2,2-4H3,(H,44,45). The summed E-state index contributed by atoms with van der Waals surface area (Å²) >= 11 is 0. The number of pyridine rings is 3. The molecule has 0 amide bonds. The highest BCUT2D eigenvalue weighted by Gasteiger charge is 2.18. The molecule has 6 heterocycles. The van der Waals surface area contributed by atoms with Crippen LogP contribution in [-0.2, 0) is 6.42 Å². The lowest BCUT2D eigenvalue weighted by Gasteiger charge is -2.23. The molecule has 0 atom stereocenters. The topological polar surface area (TPSA) is 98.4 Å². The van der Waals surface area contributed by atoms with Crippen LogP contribution in [0.4, 0.5) is 10.1 Å². The van der Waals surface area contributed by atoms with E-state index in [4.69, 9.17) is 0 Å². The fourth-order valence-electron chi connectivity index (χ4n) is 6.16. The predicted molar refractivity (Wildman–Crippen MR) is 184 cm³/mol. The third kappa shape index (κ3) is 6.15. The third-order valence-electron chi connectivity index (χ3n) is 8.89. The molecule has 6 aromatic rings. The molecule has 7 rings (SSSR count). The predicted octanol–water partition coefficient (Wildman–Crippen LogP) is 8.37. The SMILES string of the molecule is C=C(Nc1cncc(-c2cc3c(-c4cc5c(-c6cc(F)cc(CCCN7CCCC7)c6)cncc5[nH]4)n[nH]c3cn2)c1)C(C)(C)C. The maximum absolute atomic E-state index is 14.9. The van der Waals surface area contributed by atoms with Crippen molar-refractivity contribution < 1.29 is 4.39 Å². The van der Waals surface area contributed by atoms with Gasteiger partial charge in [-0.15, -0.1) is 0 Å². The maximum Gasteiger partial charge on any atom is 0.124 e.